The molecule has 0 aromatic heterocycles. The predicted octanol–water partition coefficient (Wildman–Crippen LogP) is 0.804. The van der Waals surface area contributed by atoms with Crippen LogP contribution in [0.1, 0.15) is 0 Å². The van der Waals surface area contributed by atoms with Crippen molar-refractivity contribution in [2.24, 2.45) is 0 Å². The third-order valence-corrected chi connectivity index (χ3v) is 2.62. The molecule has 66 valence electrons. The smallest absolute Gasteiger partial charge is 0.382 e. The Kier molecular flexibility index (Phi) is 3.48. The quantitative estimate of drug-likeness (QED) is 0.475. The molecule has 0 aliphatic carbocycles. The topological polar surface area (TPSA) is 54.0 Å². The van der Waals surface area contributed by atoms with Crippen LogP contribution in [0.4, 0.5) is 0 Å². The van der Waals surface area contributed by atoms with Gasteiger partial charge in [0.15, 0.2) is 0 Å². The highest BCUT2D eigenvalue weighted by Gasteiger charge is 2.31. The van der Waals surface area contributed by atoms with Gasteiger partial charge in [0.1, 0.15) is 0 Å². The van der Waals surface area contributed by atoms with Crippen LogP contribution >= 0.6 is 7.82 Å². The Morgan fingerprint density at radius 3 is 2.55 bits per heavy atom. The number of methoxy groups -OCH3 is 1. The minimum Gasteiger partial charge on any atom is -0.382 e. The first-order valence-electron chi connectivity index (χ1n) is 3.29. The van der Waals surface area contributed by atoms with E-state index in [1.165, 1.54) is 7.11 Å². The number of hydrogen-bond acceptors (Lipinski definition) is 5. The lowest BCUT2D eigenvalue weighted by Crippen LogP contribution is -2.00. The summed E-state index contributed by atoms with van der Waals surface area (Å²) in [6.07, 6.45) is 0. The average molecular weight is 182 g/mol. The van der Waals surface area contributed by atoms with Crippen molar-refractivity contribution in [2.75, 3.05) is 33.5 Å². The SMILES string of the molecule is COCCOP1(=O)OCCO1. The van der Waals surface area contributed by atoms with Gasteiger partial charge >= 0.3 is 7.82 Å². The van der Waals surface area contributed by atoms with Gasteiger partial charge in [-0.15, -0.1) is 0 Å². The Morgan fingerprint density at radius 2 is 2.00 bits per heavy atom. The summed E-state index contributed by atoms with van der Waals surface area (Å²) >= 11 is 0. The zero-order valence-corrected chi connectivity index (χ0v) is 7.21. The third-order valence-electron chi connectivity index (χ3n) is 1.12. The van der Waals surface area contributed by atoms with E-state index in [4.69, 9.17) is 13.6 Å². The predicted molar refractivity (Wildman–Crippen MR) is 37.3 cm³/mol. The molecule has 0 unspecified atom stereocenters. The largest absolute Gasteiger partial charge is 0.475 e. The molecule has 0 amide bonds. The summed E-state index contributed by atoms with van der Waals surface area (Å²) in [4.78, 5) is 0. The van der Waals surface area contributed by atoms with Gasteiger partial charge in [-0.1, -0.05) is 0 Å². The van der Waals surface area contributed by atoms with Crippen LogP contribution in [0.25, 0.3) is 0 Å². The van der Waals surface area contributed by atoms with Gasteiger partial charge in [0, 0.05) is 7.11 Å². The van der Waals surface area contributed by atoms with E-state index in [0.29, 0.717) is 19.8 Å². The number of phosphoric ester groups is 1. The fourth-order valence-electron chi connectivity index (χ4n) is 0.642. The molecule has 1 aliphatic heterocycles. The van der Waals surface area contributed by atoms with E-state index < -0.39 is 7.82 Å². The molecule has 0 spiro atoms. The van der Waals surface area contributed by atoms with Gasteiger partial charge in [0.05, 0.1) is 26.4 Å². The van der Waals surface area contributed by atoms with Crippen molar-refractivity contribution in [3.8, 4) is 0 Å². The zero-order chi connectivity index (χ0) is 8.16. The fourth-order valence-corrected chi connectivity index (χ4v) is 1.76. The summed E-state index contributed by atoms with van der Waals surface area (Å²) in [5, 5.41) is 0. The summed E-state index contributed by atoms with van der Waals surface area (Å²) in [6.45, 7) is 1.29. The van der Waals surface area contributed by atoms with Crippen LogP contribution in [0.15, 0.2) is 0 Å². The summed E-state index contributed by atoms with van der Waals surface area (Å²) in [5.74, 6) is 0. The van der Waals surface area contributed by atoms with Crippen LogP contribution in [0, 0.1) is 0 Å². The summed E-state index contributed by atoms with van der Waals surface area (Å²) in [7, 11) is -1.64. The van der Waals surface area contributed by atoms with Crippen LogP contribution in [-0.2, 0) is 22.9 Å². The Labute approximate surface area is 65.2 Å². The number of phosphoric acid groups is 1. The summed E-state index contributed by atoms with van der Waals surface area (Å²) < 4.78 is 30.2. The standard InChI is InChI=1S/C5H11O5P/c1-7-2-3-8-11(6)9-4-5-10-11/h2-5H2,1H3. The van der Waals surface area contributed by atoms with Gasteiger partial charge in [-0.05, 0) is 0 Å². The molecule has 0 radical (unpaired) electrons. The molecule has 0 aromatic carbocycles. The Hall–Kier alpha value is 0.0700. The van der Waals surface area contributed by atoms with Gasteiger partial charge in [0.2, 0.25) is 0 Å². The maximum Gasteiger partial charge on any atom is 0.475 e. The van der Waals surface area contributed by atoms with E-state index in [-0.39, 0.29) is 6.61 Å². The van der Waals surface area contributed by atoms with Crippen LogP contribution < -0.4 is 0 Å². The number of ether oxygens (including phenoxy) is 1. The molecule has 1 saturated heterocycles. The summed E-state index contributed by atoms with van der Waals surface area (Å²) in [5.41, 5.74) is 0. The van der Waals surface area contributed by atoms with Gasteiger partial charge < -0.3 is 4.74 Å². The molecule has 1 aliphatic rings. The Morgan fingerprint density at radius 1 is 1.36 bits per heavy atom. The molecule has 5 nitrogen and oxygen atoms in total. The molecule has 0 saturated carbocycles. The lowest BCUT2D eigenvalue weighted by atomic mass is 10.8. The molecule has 0 N–H and O–H groups in total. The summed E-state index contributed by atoms with van der Waals surface area (Å²) in [6, 6.07) is 0. The molecule has 1 heterocycles. The maximum atomic E-state index is 11.2. The maximum absolute atomic E-state index is 11.2. The molecular formula is C5H11O5P. The molecular weight excluding hydrogens is 171 g/mol. The molecule has 6 heteroatoms. The van der Waals surface area contributed by atoms with Crippen molar-refractivity contribution in [2.45, 2.75) is 0 Å². The number of rotatable bonds is 4. The van der Waals surface area contributed by atoms with Crippen molar-refractivity contribution in [1.82, 2.24) is 0 Å². The molecule has 0 bridgehead atoms. The fraction of sp³-hybridized carbons (Fsp3) is 1.00. The first-order valence-corrected chi connectivity index (χ1v) is 4.75. The van der Waals surface area contributed by atoms with Crippen LogP contribution in [0.3, 0.4) is 0 Å². The minimum atomic E-state index is -3.18. The van der Waals surface area contributed by atoms with E-state index in [9.17, 15) is 4.57 Å². The highest BCUT2D eigenvalue weighted by atomic mass is 31.2. The second-order valence-corrected chi connectivity index (χ2v) is 3.61. The van der Waals surface area contributed by atoms with E-state index in [1.54, 1.807) is 0 Å². The molecule has 0 aromatic rings. The molecule has 0 atom stereocenters. The molecule has 1 rings (SSSR count). The second kappa shape index (κ2) is 4.18. The van der Waals surface area contributed by atoms with Crippen molar-refractivity contribution < 1.29 is 22.9 Å². The first kappa shape index (κ1) is 9.16. The molecule has 11 heavy (non-hydrogen) atoms. The highest BCUT2D eigenvalue weighted by Crippen LogP contribution is 2.52. The Bertz CT molecular complexity index is 149. The van der Waals surface area contributed by atoms with Crippen molar-refractivity contribution >= 4 is 7.82 Å². The van der Waals surface area contributed by atoms with E-state index in [1.807, 2.05) is 0 Å². The van der Waals surface area contributed by atoms with Crippen LogP contribution in [0.2, 0.25) is 0 Å². The van der Waals surface area contributed by atoms with Crippen LogP contribution in [-0.4, -0.2) is 33.5 Å². The van der Waals surface area contributed by atoms with Gasteiger partial charge in [0.25, 0.3) is 0 Å². The monoisotopic (exact) mass is 182 g/mol. The van der Waals surface area contributed by atoms with E-state index in [2.05, 4.69) is 4.74 Å². The van der Waals surface area contributed by atoms with Gasteiger partial charge in [-0.25, -0.2) is 4.57 Å². The zero-order valence-electron chi connectivity index (χ0n) is 6.32. The molecule has 1 fully saturated rings. The minimum absolute atomic E-state index is 0.230. The number of hydrogen-bond donors (Lipinski definition) is 0. The normalized spacial score (nSPS) is 22.3. The van der Waals surface area contributed by atoms with Crippen molar-refractivity contribution in [3.05, 3.63) is 0 Å². The Balaban J connectivity index is 2.18. The lowest BCUT2D eigenvalue weighted by molar-refractivity contribution is 0.118. The van der Waals surface area contributed by atoms with Gasteiger partial charge in [-0.2, -0.15) is 0 Å². The van der Waals surface area contributed by atoms with Gasteiger partial charge in [-0.3, -0.25) is 13.6 Å². The van der Waals surface area contributed by atoms with Crippen molar-refractivity contribution in [3.63, 3.8) is 0 Å². The highest BCUT2D eigenvalue weighted by molar-refractivity contribution is 7.48. The lowest BCUT2D eigenvalue weighted by Gasteiger charge is -2.08. The van der Waals surface area contributed by atoms with Crippen molar-refractivity contribution in [1.29, 1.82) is 0 Å². The third kappa shape index (κ3) is 2.89. The average Bonchev–Trinajstić information content (AvgIpc) is 2.38. The van der Waals surface area contributed by atoms with E-state index in [0.717, 1.165) is 0 Å². The first-order chi connectivity index (χ1) is 5.27. The van der Waals surface area contributed by atoms with Crippen LogP contribution in [0.5, 0.6) is 0 Å². The second-order valence-electron chi connectivity index (χ2n) is 1.94. The van der Waals surface area contributed by atoms with E-state index >= 15 is 0 Å².